The van der Waals surface area contributed by atoms with Crippen LogP contribution in [0.1, 0.15) is 24.5 Å². The first-order valence-electron chi connectivity index (χ1n) is 5.42. The van der Waals surface area contributed by atoms with Gasteiger partial charge < -0.3 is 5.32 Å². The summed E-state index contributed by atoms with van der Waals surface area (Å²) in [5.41, 5.74) is 1.82. The molecule has 0 spiro atoms. The van der Waals surface area contributed by atoms with Crippen molar-refractivity contribution in [1.82, 2.24) is 4.98 Å². The second kappa shape index (κ2) is 4.45. The monoisotopic (exact) mass is 252 g/mol. The molecule has 4 nitrogen and oxygen atoms in total. The average molecular weight is 253 g/mol. The Morgan fingerprint density at radius 1 is 1.65 bits per heavy atom. The van der Waals surface area contributed by atoms with Crippen LogP contribution in [-0.4, -0.2) is 22.6 Å². The van der Waals surface area contributed by atoms with Gasteiger partial charge in [0.05, 0.1) is 6.04 Å². The molecule has 1 N–H and O–H groups in total. The SMILES string of the molecule is CC(=O)C[C@@H]1Nc2nc(Cl)cc(C)c2CC1=O. The first-order chi connectivity index (χ1) is 7.97. The summed E-state index contributed by atoms with van der Waals surface area (Å²) in [6.07, 6.45) is 0.516. The predicted octanol–water partition coefficient (Wildman–Crippen LogP) is 1.93. The summed E-state index contributed by atoms with van der Waals surface area (Å²) < 4.78 is 0. The smallest absolute Gasteiger partial charge is 0.160 e. The number of rotatable bonds is 2. The van der Waals surface area contributed by atoms with Gasteiger partial charge in [0, 0.05) is 18.4 Å². The predicted molar refractivity (Wildman–Crippen MR) is 65.4 cm³/mol. The molecule has 0 radical (unpaired) electrons. The maximum Gasteiger partial charge on any atom is 0.160 e. The molecular formula is C12H13ClN2O2. The highest BCUT2D eigenvalue weighted by Gasteiger charge is 2.28. The van der Waals surface area contributed by atoms with Crippen molar-refractivity contribution in [3.8, 4) is 0 Å². The van der Waals surface area contributed by atoms with Gasteiger partial charge in [0.25, 0.3) is 0 Å². The summed E-state index contributed by atoms with van der Waals surface area (Å²) in [6, 6.07) is 1.27. The zero-order chi connectivity index (χ0) is 12.6. The molecule has 17 heavy (non-hydrogen) atoms. The Morgan fingerprint density at radius 3 is 3.00 bits per heavy atom. The van der Waals surface area contributed by atoms with E-state index in [1.165, 1.54) is 6.92 Å². The number of aromatic nitrogens is 1. The summed E-state index contributed by atoms with van der Waals surface area (Å²) >= 11 is 5.87. The largest absolute Gasteiger partial charge is 0.359 e. The van der Waals surface area contributed by atoms with Crippen LogP contribution in [-0.2, 0) is 16.0 Å². The van der Waals surface area contributed by atoms with Crippen molar-refractivity contribution >= 4 is 29.0 Å². The van der Waals surface area contributed by atoms with Crippen LogP contribution in [0.5, 0.6) is 0 Å². The van der Waals surface area contributed by atoms with Crippen LogP contribution in [0.25, 0.3) is 0 Å². The van der Waals surface area contributed by atoms with Crippen LogP contribution in [0.2, 0.25) is 5.15 Å². The molecule has 0 aliphatic carbocycles. The molecule has 5 heteroatoms. The van der Waals surface area contributed by atoms with Gasteiger partial charge in [-0.2, -0.15) is 0 Å². The highest BCUT2D eigenvalue weighted by molar-refractivity contribution is 6.29. The van der Waals surface area contributed by atoms with Gasteiger partial charge in [-0.15, -0.1) is 0 Å². The lowest BCUT2D eigenvalue weighted by atomic mass is 9.94. The van der Waals surface area contributed by atoms with E-state index in [4.69, 9.17) is 11.6 Å². The summed E-state index contributed by atoms with van der Waals surface area (Å²) in [6.45, 7) is 3.37. The van der Waals surface area contributed by atoms with E-state index < -0.39 is 6.04 Å². The van der Waals surface area contributed by atoms with Gasteiger partial charge >= 0.3 is 0 Å². The van der Waals surface area contributed by atoms with Crippen molar-refractivity contribution in [3.63, 3.8) is 0 Å². The highest BCUT2D eigenvalue weighted by atomic mass is 35.5. The van der Waals surface area contributed by atoms with E-state index in [0.29, 0.717) is 17.4 Å². The lowest BCUT2D eigenvalue weighted by molar-refractivity contribution is -0.123. The molecule has 2 heterocycles. The molecule has 2 rings (SSSR count). The van der Waals surface area contributed by atoms with Crippen LogP contribution >= 0.6 is 11.6 Å². The van der Waals surface area contributed by atoms with Crippen LogP contribution in [0, 0.1) is 6.92 Å². The number of carbonyl (C=O) groups is 2. The number of nitrogens with zero attached hydrogens (tertiary/aromatic N) is 1. The molecule has 1 aliphatic rings. The zero-order valence-electron chi connectivity index (χ0n) is 9.71. The van der Waals surface area contributed by atoms with Gasteiger partial charge in [-0.1, -0.05) is 11.6 Å². The second-order valence-electron chi connectivity index (χ2n) is 4.34. The van der Waals surface area contributed by atoms with E-state index in [0.717, 1.165) is 11.1 Å². The lowest BCUT2D eigenvalue weighted by Gasteiger charge is -2.25. The van der Waals surface area contributed by atoms with E-state index >= 15 is 0 Å². The number of hydrogen-bond donors (Lipinski definition) is 1. The minimum absolute atomic E-state index is 0.0157. The topological polar surface area (TPSA) is 59.1 Å². The van der Waals surface area contributed by atoms with Crippen molar-refractivity contribution in [2.75, 3.05) is 5.32 Å². The first-order valence-corrected chi connectivity index (χ1v) is 5.80. The third-order valence-corrected chi connectivity index (χ3v) is 3.05. The second-order valence-corrected chi connectivity index (χ2v) is 4.72. The van der Waals surface area contributed by atoms with Crippen LogP contribution in [0.15, 0.2) is 6.07 Å². The molecule has 0 unspecified atom stereocenters. The molecule has 1 atom stereocenters. The van der Waals surface area contributed by atoms with Gasteiger partial charge in [0.15, 0.2) is 5.78 Å². The molecule has 0 bridgehead atoms. The number of Topliss-reactive ketones (excluding diaryl/α,β-unsaturated/α-hetero) is 2. The van der Waals surface area contributed by atoms with Crippen molar-refractivity contribution in [3.05, 3.63) is 22.3 Å². The van der Waals surface area contributed by atoms with E-state index in [2.05, 4.69) is 10.3 Å². The Hall–Kier alpha value is -1.42. The number of aryl methyl sites for hydroxylation is 1. The number of pyridine rings is 1. The summed E-state index contributed by atoms with van der Waals surface area (Å²) in [5, 5.41) is 3.39. The Labute approximate surface area is 104 Å². The number of nitrogens with one attached hydrogen (secondary N) is 1. The van der Waals surface area contributed by atoms with E-state index in [-0.39, 0.29) is 18.0 Å². The van der Waals surface area contributed by atoms with Crippen molar-refractivity contribution < 1.29 is 9.59 Å². The third kappa shape index (κ3) is 2.47. The average Bonchev–Trinajstić information content (AvgIpc) is 2.20. The molecule has 90 valence electrons. The van der Waals surface area contributed by atoms with Gasteiger partial charge in [0.2, 0.25) is 0 Å². The number of anilines is 1. The zero-order valence-corrected chi connectivity index (χ0v) is 10.5. The fraction of sp³-hybridized carbons (Fsp3) is 0.417. The van der Waals surface area contributed by atoms with Crippen LogP contribution in [0.4, 0.5) is 5.82 Å². The van der Waals surface area contributed by atoms with E-state index in [9.17, 15) is 9.59 Å². The maximum absolute atomic E-state index is 11.9. The fourth-order valence-corrected chi connectivity index (χ4v) is 2.25. The molecule has 1 aliphatic heterocycles. The highest BCUT2D eigenvalue weighted by Crippen LogP contribution is 2.27. The number of carbonyl (C=O) groups excluding carboxylic acids is 2. The molecule has 0 amide bonds. The quantitative estimate of drug-likeness (QED) is 0.817. The molecule has 0 aromatic carbocycles. The number of hydrogen-bond acceptors (Lipinski definition) is 4. The lowest BCUT2D eigenvalue weighted by Crippen LogP contribution is -2.37. The minimum Gasteiger partial charge on any atom is -0.359 e. The minimum atomic E-state index is -0.467. The third-order valence-electron chi connectivity index (χ3n) is 2.86. The van der Waals surface area contributed by atoms with Gasteiger partial charge in [0.1, 0.15) is 16.8 Å². The van der Waals surface area contributed by atoms with Crippen LogP contribution in [0.3, 0.4) is 0 Å². The summed E-state index contributed by atoms with van der Waals surface area (Å²) in [7, 11) is 0. The molecular weight excluding hydrogens is 240 g/mol. The van der Waals surface area contributed by atoms with Gasteiger partial charge in [-0.25, -0.2) is 4.98 Å². The van der Waals surface area contributed by atoms with Crippen molar-refractivity contribution in [1.29, 1.82) is 0 Å². The molecule has 0 saturated heterocycles. The number of ketones is 2. The van der Waals surface area contributed by atoms with Gasteiger partial charge in [-0.3, -0.25) is 9.59 Å². The fourth-order valence-electron chi connectivity index (χ4n) is 2.00. The van der Waals surface area contributed by atoms with Crippen molar-refractivity contribution in [2.24, 2.45) is 0 Å². The summed E-state index contributed by atoms with van der Waals surface area (Å²) in [4.78, 5) is 27.1. The number of fused-ring (bicyclic) bond motifs is 1. The summed E-state index contributed by atoms with van der Waals surface area (Å²) in [5.74, 6) is 0.638. The van der Waals surface area contributed by atoms with Crippen LogP contribution < -0.4 is 5.32 Å². The molecule has 0 saturated carbocycles. The van der Waals surface area contributed by atoms with Gasteiger partial charge in [-0.05, 0) is 25.5 Å². The Balaban J connectivity index is 2.34. The van der Waals surface area contributed by atoms with E-state index in [1.54, 1.807) is 6.07 Å². The number of halogens is 1. The van der Waals surface area contributed by atoms with E-state index in [1.807, 2.05) is 6.92 Å². The Kier molecular flexibility index (Phi) is 3.15. The standard InChI is InChI=1S/C12H13ClN2O2/c1-6-3-11(13)15-12-8(6)5-10(17)9(14-12)4-7(2)16/h3,9H,4-5H2,1-2H3,(H,14,15)/t9-/m0/s1. The maximum atomic E-state index is 11.9. The Morgan fingerprint density at radius 2 is 2.35 bits per heavy atom. The molecule has 1 aromatic rings. The molecule has 1 aromatic heterocycles. The normalized spacial score (nSPS) is 18.5. The molecule has 0 fully saturated rings. The van der Waals surface area contributed by atoms with Crippen molar-refractivity contribution in [2.45, 2.75) is 32.7 Å². The Bertz CT molecular complexity index is 500. The first kappa shape index (κ1) is 12.0.